The molecular formula is C24H14BNO. The summed E-state index contributed by atoms with van der Waals surface area (Å²) in [6.45, 7) is 0. The predicted octanol–water partition coefficient (Wildman–Crippen LogP) is 5.48. The second-order valence-electron chi connectivity index (χ2n) is 6.88. The number of para-hydroxylation sites is 2. The lowest BCUT2D eigenvalue weighted by molar-refractivity contribution is 0.673. The maximum absolute atomic E-state index is 6.31. The Balaban J connectivity index is 1.87. The SMILES string of the molecule is [B]c1cccc(-n2c3ccccc3c3c4oc5ccccc5c4ccc32)c1. The fraction of sp³-hybridized carbons (Fsp3) is 0. The van der Waals surface area contributed by atoms with E-state index in [1.807, 2.05) is 30.3 Å². The lowest BCUT2D eigenvalue weighted by Gasteiger charge is -2.08. The predicted molar refractivity (Wildman–Crippen MR) is 113 cm³/mol. The molecule has 2 radical (unpaired) electrons. The van der Waals surface area contributed by atoms with E-state index >= 15 is 0 Å². The van der Waals surface area contributed by atoms with Crippen LogP contribution in [0.3, 0.4) is 0 Å². The molecule has 0 saturated heterocycles. The Hall–Kier alpha value is -3.46. The van der Waals surface area contributed by atoms with Crippen molar-refractivity contribution < 1.29 is 4.42 Å². The van der Waals surface area contributed by atoms with Crippen molar-refractivity contribution >= 4 is 57.1 Å². The normalized spacial score (nSPS) is 11.9. The third-order valence-electron chi connectivity index (χ3n) is 5.31. The molecule has 124 valence electrons. The summed E-state index contributed by atoms with van der Waals surface area (Å²) in [5.74, 6) is 0. The molecule has 0 bridgehead atoms. The van der Waals surface area contributed by atoms with Crippen molar-refractivity contribution in [2.45, 2.75) is 0 Å². The van der Waals surface area contributed by atoms with Gasteiger partial charge in [0.25, 0.3) is 0 Å². The van der Waals surface area contributed by atoms with Gasteiger partial charge in [-0.2, -0.15) is 0 Å². The van der Waals surface area contributed by atoms with Crippen LogP contribution in [0.5, 0.6) is 0 Å². The van der Waals surface area contributed by atoms with E-state index in [1.165, 1.54) is 5.39 Å². The van der Waals surface area contributed by atoms with Crippen LogP contribution in [-0.2, 0) is 0 Å². The monoisotopic (exact) mass is 343 g/mol. The van der Waals surface area contributed by atoms with Crippen LogP contribution in [0.2, 0.25) is 0 Å². The van der Waals surface area contributed by atoms with Gasteiger partial charge in [0.05, 0.1) is 16.4 Å². The van der Waals surface area contributed by atoms with E-state index in [4.69, 9.17) is 12.3 Å². The average Bonchev–Trinajstić information content (AvgIpc) is 3.23. The zero-order valence-electron chi connectivity index (χ0n) is 14.5. The highest BCUT2D eigenvalue weighted by Gasteiger charge is 2.17. The van der Waals surface area contributed by atoms with Crippen molar-refractivity contribution in [1.29, 1.82) is 0 Å². The van der Waals surface area contributed by atoms with Crippen LogP contribution < -0.4 is 5.46 Å². The van der Waals surface area contributed by atoms with Crippen LogP contribution in [0.25, 0.3) is 49.4 Å². The molecule has 2 heterocycles. The van der Waals surface area contributed by atoms with Crippen LogP contribution >= 0.6 is 0 Å². The number of nitrogens with zero attached hydrogens (tertiary/aromatic N) is 1. The lowest BCUT2D eigenvalue weighted by atomic mass is 9.96. The largest absolute Gasteiger partial charge is 0.455 e. The summed E-state index contributed by atoms with van der Waals surface area (Å²) < 4.78 is 8.57. The topological polar surface area (TPSA) is 18.1 Å². The molecule has 27 heavy (non-hydrogen) atoms. The van der Waals surface area contributed by atoms with Crippen LogP contribution in [0.15, 0.2) is 89.3 Å². The van der Waals surface area contributed by atoms with Crippen LogP contribution in [-0.4, -0.2) is 12.4 Å². The summed E-state index contributed by atoms with van der Waals surface area (Å²) in [6.07, 6.45) is 0. The first-order valence-electron chi connectivity index (χ1n) is 9.00. The molecule has 0 amide bonds. The first kappa shape index (κ1) is 14.7. The zero-order chi connectivity index (χ0) is 18.0. The molecule has 6 rings (SSSR count). The highest BCUT2D eigenvalue weighted by Crippen LogP contribution is 2.40. The van der Waals surface area contributed by atoms with Crippen molar-refractivity contribution in [2.24, 2.45) is 0 Å². The van der Waals surface area contributed by atoms with E-state index < -0.39 is 0 Å². The standard InChI is InChI=1S/C24H14BNO/c25-15-6-5-7-16(14-15)26-20-10-3-1-9-19(20)23-21(26)13-12-18-17-8-2-4-11-22(17)27-24(18)23/h1-14H. The minimum absolute atomic E-state index is 0.753. The molecule has 0 aliphatic rings. The van der Waals surface area contributed by atoms with Gasteiger partial charge < -0.3 is 8.98 Å². The van der Waals surface area contributed by atoms with Gasteiger partial charge in [-0.15, -0.1) is 0 Å². The molecule has 0 saturated carbocycles. The highest BCUT2D eigenvalue weighted by atomic mass is 16.3. The van der Waals surface area contributed by atoms with Crippen molar-refractivity contribution in [1.82, 2.24) is 4.57 Å². The zero-order valence-corrected chi connectivity index (χ0v) is 14.5. The Morgan fingerprint density at radius 1 is 0.667 bits per heavy atom. The number of benzene rings is 4. The summed E-state index contributed by atoms with van der Waals surface area (Å²) in [4.78, 5) is 0. The first-order chi connectivity index (χ1) is 13.3. The molecular weight excluding hydrogens is 329 g/mol. The van der Waals surface area contributed by atoms with Gasteiger partial charge in [0.2, 0.25) is 0 Å². The molecule has 2 aromatic heterocycles. The van der Waals surface area contributed by atoms with Crippen molar-refractivity contribution in [3.8, 4) is 5.69 Å². The second kappa shape index (κ2) is 5.27. The van der Waals surface area contributed by atoms with Crippen LogP contribution in [0.1, 0.15) is 0 Å². The molecule has 0 atom stereocenters. The molecule has 2 nitrogen and oxygen atoms in total. The molecule has 6 aromatic rings. The summed E-state index contributed by atoms with van der Waals surface area (Å²) >= 11 is 0. The fourth-order valence-electron chi connectivity index (χ4n) is 4.18. The van der Waals surface area contributed by atoms with E-state index in [0.29, 0.717) is 0 Å². The number of hydrogen-bond acceptors (Lipinski definition) is 1. The van der Waals surface area contributed by atoms with Crippen LogP contribution in [0.4, 0.5) is 0 Å². The third kappa shape index (κ3) is 1.97. The Kier molecular flexibility index (Phi) is 2.87. The van der Waals surface area contributed by atoms with Crippen molar-refractivity contribution in [3.05, 3.63) is 84.9 Å². The van der Waals surface area contributed by atoms with E-state index in [9.17, 15) is 0 Å². The van der Waals surface area contributed by atoms with Gasteiger partial charge in [-0.1, -0.05) is 54.0 Å². The minimum Gasteiger partial charge on any atom is -0.455 e. The number of rotatable bonds is 1. The number of fused-ring (bicyclic) bond motifs is 7. The first-order valence-corrected chi connectivity index (χ1v) is 9.00. The van der Waals surface area contributed by atoms with E-state index in [0.717, 1.165) is 49.5 Å². The highest BCUT2D eigenvalue weighted by molar-refractivity contribution is 6.32. The van der Waals surface area contributed by atoms with E-state index in [-0.39, 0.29) is 0 Å². The van der Waals surface area contributed by atoms with Crippen molar-refractivity contribution in [3.63, 3.8) is 0 Å². The Morgan fingerprint density at radius 3 is 2.37 bits per heavy atom. The molecule has 0 spiro atoms. The number of hydrogen-bond donors (Lipinski definition) is 0. The second-order valence-corrected chi connectivity index (χ2v) is 6.88. The Morgan fingerprint density at radius 2 is 1.48 bits per heavy atom. The maximum atomic E-state index is 6.31. The third-order valence-corrected chi connectivity index (χ3v) is 5.31. The van der Waals surface area contributed by atoms with Gasteiger partial charge in [0, 0.05) is 21.8 Å². The minimum atomic E-state index is 0.753. The number of furan rings is 1. The van der Waals surface area contributed by atoms with Gasteiger partial charge in [-0.05, 0) is 36.4 Å². The molecule has 0 unspecified atom stereocenters. The number of aromatic nitrogens is 1. The molecule has 3 heteroatoms. The molecule has 0 N–H and O–H groups in total. The summed E-state index contributed by atoms with van der Waals surface area (Å²) in [6, 6.07) is 29.0. The molecule has 0 aliphatic carbocycles. The quantitative estimate of drug-likeness (QED) is 0.362. The lowest BCUT2D eigenvalue weighted by Crippen LogP contribution is -2.04. The van der Waals surface area contributed by atoms with Crippen LogP contribution in [0, 0.1) is 0 Å². The van der Waals surface area contributed by atoms with Gasteiger partial charge >= 0.3 is 0 Å². The Labute approximate surface area is 157 Å². The van der Waals surface area contributed by atoms with Gasteiger partial charge in [-0.25, -0.2) is 0 Å². The average molecular weight is 343 g/mol. The maximum Gasteiger partial charge on any atom is 0.145 e. The molecule has 4 aromatic carbocycles. The van der Waals surface area contributed by atoms with E-state index in [2.05, 4.69) is 59.2 Å². The molecule has 0 aliphatic heterocycles. The molecule has 0 fully saturated rings. The smallest absolute Gasteiger partial charge is 0.145 e. The Bertz CT molecular complexity index is 1490. The van der Waals surface area contributed by atoms with Gasteiger partial charge in [-0.3, -0.25) is 0 Å². The van der Waals surface area contributed by atoms with Gasteiger partial charge in [0.15, 0.2) is 0 Å². The summed E-state index contributed by atoms with van der Waals surface area (Å²) in [5, 5.41) is 4.62. The van der Waals surface area contributed by atoms with E-state index in [1.54, 1.807) is 0 Å². The van der Waals surface area contributed by atoms with Crippen molar-refractivity contribution in [2.75, 3.05) is 0 Å². The van der Waals surface area contributed by atoms with Gasteiger partial charge in [0.1, 0.15) is 19.0 Å². The summed E-state index contributed by atoms with van der Waals surface area (Å²) in [5.41, 5.74) is 5.92. The summed E-state index contributed by atoms with van der Waals surface area (Å²) in [7, 11) is 6.06. The fourth-order valence-corrected chi connectivity index (χ4v) is 4.18.